The molecule has 0 spiro atoms. The van der Waals surface area contributed by atoms with E-state index in [0.29, 0.717) is 29.4 Å². The number of carbonyl (C=O) groups is 2. The number of aliphatic hydroxyl groups is 1. The van der Waals surface area contributed by atoms with Gasteiger partial charge in [-0.2, -0.15) is 0 Å². The Hall–Kier alpha value is -1.30. The lowest BCUT2D eigenvalue weighted by atomic mass is 10.1. The van der Waals surface area contributed by atoms with E-state index in [1.165, 1.54) is 4.90 Å². The molecule has 0 bridgehead atoms. The number of amides is 2. The molecule has 1 aromatic carbocycles. The summed E-state index contributed by atoms with van der Waals surface area (Å²) in [4.78, 5) is 25.1. The Morgan fingerprint density at radius 2 is 2.14 bits per heavy atom. The van der Waals surface area contributed by atoms with Crippen LogP contribution in [0, 0.1) is 0 Å². The highest BCUT2D eigenvalue weighted by Gasteiger charge is 2.30. The minimum Gasteiger partial charge on any atom is -0.395 e. The third kappa shape index (κ3) is 4.09. The fraction of sp³-hybridized carbons (Fsp3) is 0.429. The summed E-state index contributed by atoms with van der Waals surface area (Å²) in [5.41, 5.74) is 0.815. The average Bonchev–Trinajstić information content (AvgIpc) is 2.88. The van der Waals surface area contributed by atoms with Crippen molar-refractivity contribution in [2.24, 2.45) is 0 Å². The lowest BCUT2D eigenvalue weighted by molar-refractivity contribution is -0.135. The molecule has 1 aromatic rings. The molecule has 1 heterocycles. The topological polar surface area (TPSA) is 69.6 Å². The van der Waals surface area contributed by atoms with Gasteiger partial charge in [-0.3, -0.25) is 9.59 Å². The fourth-order valence-electron chi connectivity index (χ4n) is 2.27. The summed E-state index contributed by atoms with van der Waals surface area (Å²) in [6, 6.07) is 4.62. The summed E-state index contributed by atoms with van der Waals surface area (Å²) < 4.78 is 0. The molecule has 0 aliphatic carbocycles. The summed E-state index contributed by atoms with van der Waals surface area (Å²) in [6.45, 7) is 0.363. The Morgan fingerprint density at radius 1 is 1.38 bits per heavy atom. The number of halogens is 2. The second-order valence-electron chi connectivity index (χ2n) is 4.89. The summed E-state index contributed by atoms with van der Waals surface area (Å²) in [7, 11) is 0. The summed E-state index contributed by atoms with van der Waals surface area (Å²) in [5.74, 6) is -0.312. The van der Waals surface area contributed by atoms with Crippen LogP contribution in [0.2, 0.25) is 10.0 Å². The second-order valence-corrected chi connectivity index (χ2v) is 5.71. The first-order chi connectivity index (χ1) is 10.0. The Labute approximate surface area is 132 Å². The van der Waals surface area contributed by atoms with Crippen molar-refractivity contribution in [2.75, 3.05) is 13.2 Å². The maximum absolute atomic E-state index is 12.4. The third-order valence-corrected chi connectivity index (χ3v) is 4.07. The van der Waals surface area contributed by atoms with Crippen molar-refractivity contribution in [3.05, 3.63) is 33.8 Å². The van der Waals surface area contributed by atoms with Crippen LogP contribution in [0.15, 0.2) is 18.2 Å². The van der Waals surface area contributed by atoms with Gasteiger partial charge in [0.2, 0.25) is 11.8 Å². The van der Waals surface area contributed by atoms with Crippen molar-refractivity contribution in [3.8, 4) is 0 Å². The second kappa shape index (κ2) is 7.11. The standard InChI is InChI=1S/C14H16Cl2N2O3/c15-10-2-1-9(7-11(10)16)8-18(5-6-19)14(21)12-3-4-13(20)17-12/h1-2,7,12,19H,3-6,8H2,(H,17,20)/t12-/m1/s1. The summed E-state index contributed by atoms with van der Waals surface area (Å²) >= 11 is 11.8. The maximum Gasteiger partial charge on any atom is 0.245 e. The van der Waals surface area contributed by atoms with Crippen molar-refractivity contribution in [3.63, 3.8) is 0 Å². The van der Waals surface area contributed by atoms with Gasteiger partial charge in [0, 0.05) is 19.5 Å². The minimum atomic E-state index is -0.508. The Balaban J connectivity index is 2.09. The van der Waals surface area contributed by atoms with Gasteiger partial charge in [-0.1, -0.05) is 29.3 Å². The molecule has 2 amide bonds. The predicted octanol–water partition coefficient (Wildman–Crippen LogP) is 1.59. The van der Waals surface area contributed by atoms with Gasteiger partial charge in [-0.05, 0) is 24.1 Å². The normalized spacial score (nSPS) is 17.7. The zero-order valence-electron chi connectivity index (χ0n) is 11.3. The molecule has 0 unspecified atom stereocenters. The van der Waals surface area contributed by atoms with Gasteiger partial charge in [0.1, 0.15) is 6.04 Å². The van der Waals surface area contributed by atoms with Crippen LogP contribution in [0.4, 0.5) is 0 Å². The van der Waals surface area contributed by atoms with Gasteiger partial charge in [-0.15, -0.1) is 0 Å². The molecule has 0 saturated carbocycles. The fourth-order valence-corrected chi connectivity index (χ4v) is 2.59. The molecule has 0 radical (unpaired) electrons. The number of benzene rings is 1. The van der Waals surface area contributed by atoms with Gasteiger partial charge in [0.15, 0.2) is 0 Å². The predicted molar refractivity (Wildman–Crippen MR) is 80.1 cm³/mol. The van der Waals surface area contributed by atoms with Crippen molar-refractivity contribution in [1.82, 2.24) is 10.2 Å². The smallest absolute Gasteiger partial charge is 0.245 e. The molecule has 21 heavy (non-hydrogen) atoms. The number of carbonyl (C=O) groups excluding carboxylic acids is 2. The maximum atomic E-state index is 12.4. The molecule has 1 aliphatic heterocycles. The third-order valence-electron chi connectivity index (χ3n) is 3.33. The van der Waals surface area contributed by atoms with Gasteiger partial charge in [0.25, 0.3) is 0 Å². The van der Waals surface area contributed by atoms with E-state index in [2.05, 4.69) is 5.32 Å². The van der Waals surface area contributed by atoms with E-state index in [-0.39, 0.29) is 25.0 Å². The van der Waals surface area contributed by atoms with E-state index >= 15 is 0 Å². The van der Waals surface area contributed by atoms with E-state index in [4.69, 9.17) is 28.3 Å². The molecule has 1 fully saturated rings. The van der Waals surface area contributed by atoms with Crippen LogP contribution in [0.25, 0.3) is 0 Å². The average molecular weight is 331 g/mol. The van der Waals surface area contributed by atoms with Gasteiger partial charge in [0.05, 0.1) is 16.7 Å². The molecule has 114 valence electrons. The van der Waals surface area contributed by atoms with E-state index in [9.17, 15) is 9.59 Å². The van der Waals surface area contributed by atoms with Crippen LogP contribution in [0.5, 0.6) is 0 Å². The van der Waals surface area contributed by atoms with E-state index in [1.807, 2.05) is 0 Å². The van der Waals surface area contributed by atoms with Crippen molar-refractivity contribution >= 4 is 35.0 Å². The molecule has 1 atom stereocenters. The highest BCUT2D eigenvalue weighted by molar-refractivity contribution is 6.42. The Morgan fingerprint density at radius 3 is 2.71 bits per heavy atom. The Kier molecular flexibility index (Phi) is 5.45. The molecule has 2 rings (SSSR count). The molecule has 1 saturated heterocycles. The van der Waals surface area contributed by atoms with E-state index < -0.39 is 6.04 Å². The van der Waals surface area contributed by atoms with Gasteiger partial charge < -0.3 is 15.3 Å². The van der Waals surface area contributed by atoms with E-state index in [0.717, 1.165) is 5.56 Å². The summed E-state index contributed by atoms with van der Waals surface area (Å²) in [6.07, 6.45) is 0.844. The number of aliphatic hydroxyl groups excluding tert-OH is 1. The van der Waals surface area contributed by atoms with E-state index in [1.54, 1.807) is 18.2 Å². The van der Waals surface area contributed by atoms with Gasteiger partial charge >= 0.3 is 0 Å². The molecule has 2 N–H and O–H groups in total. The SMILES string of the molecule is O=C1CC[C@H](C(=O)N(CCO)Cc2ccc(Cl)c(Cl)c2)N1. The minimum absolute atomic E-state index is 0.119. The van der Waals surface area contributed by atoms with Crippen molar-refractivity contribution in [2.45, 2.75) is 25.4 Å². The first kappa shape index (κ1) is 16.1. The molecule has 1 aliphatic rings. The largest absolute Gasteiger partial charge is 0.395 e. The zero-order chi connectivity index (χ0) is 15.4. The Bertz CT molecular complexity index is 551. The zero-order valence-corrected chi connectivity index (χ0v) is 12.8. The number of hydrogen-bond donors (Lipinski definition) is 2. The monoisotopic (exact) mass is 330 g/mol. The number of hydrogen-bond acceptors (Lipinski definition) is 3. The molecule has 0 aromatic heterocycles. The van der Waals surface area contributed by atoms with Crippen LogP contribution in [-0.2, 0) is 16.1 Å². The lowest BCUT2D eigenvalue weighted by Gasteiger charge is -2.25. The van der Waals surface area contributed by atoms with Crippen LogP contribution in [-0.4, -0.2) is 41.0 Å². The quantitative estimate of drug-likeness (QED) is 0.861. The molecule has 5 nitrogen and oxygen atoms in total. The number of nitrogens with zero attached hydrogens (tertiary/aromatic N) is 1. The number of rotatable bonds is 5. The van der Waals surface area contributed by atoms with Crippen LogP contribution in [0.3, 0.4) is 0 Å². The number of nitrogens with one attached hydrogen (secondary N) is 1. The van der Waals surface area contributed by atoms with Crippen molar-refractivity contribution < 1.29 is 14.7 Å². The van der Waals surface area contributed by atoms with Crippen LogP contribution >= 0.6 is 23.2 Å². The highest BCUT2D eigenvalue weighted by atomic mass is 35.5. The highest BCUT2D eigenvalue weighted by Crippen LogP contribution is 2.23. The first-order valence-electron chi connectivity index (χ1n) is 6.64. The molecular formula is C14H16Cl2N2O3. The van der Waals surface area contributed by atoms with Gasteiger partial charge in [-0.25, -0.2) is 0 Å². The first-order valence-corrected chi connectivity index (χ1v) is 7.40. The lowest BCUT2D eigenvalue weighted by Crippen LogP contribution is -2.45. The van der Waals surface area contributed by atoms with Crippen LogP contribution in [0.1, 0.15) is 18.4 Å². The van der Waals surface area contributed by atoms with Crippen LogP contribution < -0.4 is 5.32 Å². The molecule has 7 heteroatoms. The van der Waals surface area contributed by atoms with Crippen molar-refractivity contribution in [1.29, 1.82) is 0 Å². The molecular weight excluding hydrogens is 315 g/mol. The summed E-state index contributed by atoms with van der Waals surface area (Å²) in [5, 5.41) is 12.6.